The number of hydrogen-bond acceptors (Lipinski definition) is 2. The van der Waals surface area contributed by atoms with E-state index in [2.05, 4.69) is 0 Å². The smallest absolute Gasteiger partial charge is 0.267 e. The molecule has 0 radical (unpaired) electrons. The van der Waals surface area contributed by atoms with Crippen molar-refractivity contribution in [1.29, 1.82) is 0 Å². The number of rotatable bonds is 3. The van der Waals surface area contributed by atoms with Gasteiger partial charge in [-0.2, -0.15) is 0 Å². The zero-order chi connectivity index (χ0) is 20.5. The van der Waals surface area contributed by atoms with E-state index in [0.29, 0.717) is 5.56 Å². The summed E-state index contributed by atoms with van der Waals surface area (Å²) in [7, 11) is 0. The van der Waals surface area contributed by atoms with E-state index in [-0.39, 0.29) is 16.9 Å². The summed E-state index contributed by atoms with van der Waals surface area (Å²) in [6.45, 7) is 0. The van der Waals surface area contributed by atoms with Crippen molar-refractivity contribution >= 4 is 29.3 Å². The third-order valence-corrected chi connectivity index (χ3v) is 4.37. The van der Waals surface area contributed by atoms with Crippen molar-refractivity contribution in [1.82, 2.24) is 0 Å². The van der Waals surface area contributed by atoms with Crippen molar-refractivity contribution in [3.63, 3.8) is 0 Å². The molecule has 3 aromatic rings. The number of carbonyl (C=O) groups excluding carboxylic acids is 2. The Bertz CT molecular complexity index is 1040. The van der Waals surface area contributed by atoms with E-state index in [4.69, 9.17) is 0 Å². The molecule has 0 bridgehead atoms. The first-order valence-electron chi connectivity index (χ1n) is 8.61. The van der Waals surface area contributed by atoms with Crippen LogP contribution >= 0.6 is 0 Å². The molecule has 3 aromatic carbocycles. The van der Waals surface area contributed by atoms with Crippen molar-refractivity contribution in [3.05, 3.63) is 101 Å². The first-order valence-corrected chi connectivity index (χ1v) is 8.61. The highest BCUT2D eigenvalue weighted by Gasteiger charge is 2.42. The minimum atomic E-state index is -0.643. The average Bonchev–Trinajstić information content (AvgIpc) is 2.96. The molecule has 0 N–H and O–H groups in total. The normalized spacial score (nSPS) is 14.0. The second-order valence-electron chi connectivity index (χ2n) is 6.30. The molecule has 4 nitrogen and oxygen atoms in total. The Labute approximate surface area is 164 Å². The first kappa shape index (κ1) is 18.5. The van der Waals surface area contributed by atoms with Crippen LogP contribution in [0, 0.1) is 17.5 Å². The Balaban J connectivity index is 1.83. The molecule has 1 fully saturated rings. The summed E-state index contributed by atoms with van der Waals surface area (Å²) in [4.78, 5) is 26.2. The molecule has 2 amide bonds. The van der Waals surface area contributed by atoms with Gasteiger partial charge in [0.2, 0.25) is 0 Å². The fraction of sp³-hybridized carbons (Fsp3) is 0. The first-order chi connectivity index (χ1) is 13.9. The second-order valence-corrected chi connectivity index (χ2v) is 6.30. The van der Waals surface area contributed by atoms with Crippen molar-refractivity contribution in [3.8, 4) is 0 Å². The molecule has 1 aliphatic rings. The molecule has 4 rings (SSSR count). The largest absolute Gasteiger partial charge is 0.283 e. The molecule has 0 unspecified atom stereocenters. The molecular weight excluding hydrogens is 381 g/mol. The van der Waals surface area contributed by atoms with Crippen LogP contribution in [0.15, 0.2) is 78.4 Å². The molecule has 0 aromatic heterocycles. The predicted molar refractivity (Wildman–Crippen MR) is 102 cm³/mol. The Morgan fingerprint density at radius 2 is 0.897 bits per heavy atom. The van der Waals surface area contributed by atoms with Crippen LogP contribution in [-0.4, -0.2) is 11.8 Å². The van der Waals surface area contributed by atoms with Gasteiger partial charge in [0.25, 0.3) is 11.8 Å². The van der Waals surface area contributed by atoms with Crippen molar-refractivity contribution in [2.45, 2.75) is 0 Å². The second kappa shape index (κ2) is 7.27. The van der Waals surface area contributed by atoms with E-state index >= 15 is 0 Å². The quantitative estimate of drug-likeness (QED) is 0.485. The molecule has 1 heterocycles. The molecule has 7 heteroatoms. The van der Waals surface area contributed by atoms with E-state index in [1.54, 1.807) is 0 Å². The third kappa shape index (κ3) is 3.50. The van der Waals surface area contributed by atoms with Crippen molar-refractivity contribution < 1.29 is 22.8 Å². The van der Waals surface area contributed by atoms with Gasteiger partial charge in [0.05, 0.1) is 11.4 Å². The molecule has 1 saturated heterocycles. The lowest BCUT2D eigenvalue weighted by Crippen LogP contribution is -2.41. The van der Waals surface area contributed by atoms with Crippen LogP contribution in [0.25, 0.3) is 6.08 Å². The molecule has 0 aliphatic carbocycles. The fourth-order valence-corrected chi connectivity index (χ4v) is 2.98. The lowest BCUT2D eigenvalue weighted by molar-refractivity contribution is -0.116. The lowest BCUT2D eigenvalue weighted by Gasteiger charge is -2.27. The monoisotopic (exact) mass is 394 g/mol. The number of carbonyl (C=O) groups is 2. The van der Waals surface area contributed by atoms with Gasteiger partial charge in [0.1, 0.15) is 23.0 Å². The minimum absolute atomic E-state index is 0.162. The molecule has 0 atom stereocenters. The van der Waals surface area contributed by atoms with E-state index in [1.807, 2.05) is 0 Å². The SMILES string of the molecule is O=C1C(=Cc2ccc(F)cc2)C(=O)N(c2ccc(F)cc2)N1c1ccc(F)cc1. The van der Waals surface area contributed by atoms with Crippen LogP contribution in [0.5, 0.6) is 0 Å². The van der Waals surface area contributed by atoms with Gasteiger partial charge < -0.3 is 0 Å². The average molecular weight is 394 g/mol. The number of anilines is 2. The molecule has 0 saturated carbocycles. The van der Waals surface area contributed by atoms with Crippen LogP contribution in [0.2, 0.25) is 0 Å². The highest BCUT2D eigenvalue weighted by atomic mass is 19.1. The van der Waals surface area contributed by atoms with Crippen LogP contribution in [-0.2, 0) is 9.59 Å². The summed E-state index contributed by atoms with van der Waals surface area (Å²) < 4.78 is 39.8. The zero-order valence-electron chi connectivity index (χ0n) is 14.9. The van der Waals surface area contributed by atoms with Crippen LogP contribution in [0.1, 0.15) is 5.56 Å². The molecule has 29 heavy (non-hydrogen) atoms. The van der Waals surface area contributed by atoms with Gasteiger partial charge in [0.15, 0.2) is 0 Å². The lowest BCUT2D eigenvalue weighted by atomic mass is 10.1. The van der Waals surface area contributed by atoms with Crippen molar-refractivity contribution in [2.75, 3.05) is 10.0 Å². The van der Waals surface area contributed by atoms with Gasteiger partial charge in [-0.25, -0.2) is 23.2 Å². The van der Waals surface area contributed by atoms with Crippen molar-refractivity contribution in [2.24, 2.45) is 0 Å². The van der Waals surface area contributed by atoms with Gasteiger partial charge in [-0.15, -0.1) is 0 Å². The minimum Gasteiger partial charge on any atom is -0.267 e. The van der Waals surface area contributed by atoms with Crippen LogP contribution in [0.4, 0.5) is 24.5 Å². The fourth-order valence-electron chi connectivity index (χ4n) is 2.98. The highest BCUT2D eigenvalue weighted by Crippen LogP contribution is 2.32. The number of amides is 2. The van der Waals surface area contributed by atoms with Crippen LogP contribution < -0.4 is 10.0 Å². The van der Waals surface area contributed by atoms with Gasteiger partial charge in [-0.1, -0.05) is 12.1 Å². The number of halogens is 3. The van der Waals surface area contributed by atoms with E-state index < -0.39 is 29.3 Å². The zero-order valence-corrected chi connectivity index (χ0v) is 14.9. The van der Waals surface area contributed by atoms with Crippen LogP contribution in [0.3, 0.4) is 0 Å². The molecule has 1 aliphatic heterocycles. The van der Waals surface area contributed by atoms with Gasteiger partial charge in [0, 0.05) is 0 Å². The topological polar surface area (TPSA) is 40.6 Å². The summed E-state index contributed by atoms with van der Waals surface area (Å²) in [6, 6.07) is 15.4. The summed E-state index contributed by atoms with van der Waals surface area (Å²) in [5.41, 5.74) is 0.821. The Hall–Kier alpha value is -3.87. The summed E-state index contributed by atoms with van der Waals surface area (Å²) >= 11 is 0. The standard InChI is InChI=1S/C22H13F3N2O2/c23-15-3-1-14(2-4-15)13-20-21(28)26(18-9-5-16(24)6-10-18)27(22(20)29)19-11-7-17(25)8-12-19/h1-13H. The number of nitrogens with zero attached hydrogens (tertiary/aromatic N) is 2. The maximum absolute atomic E-state index is 13.3. The van der Waals surface area contributed by atoms with Gasteiger partial charge >= 0.3 is 0 Å². The molecular formula is C22H13F3N2O2. The van der Waals surface area contributed by atoms with Gasteiger partial charge in [-0.3, -0.25) is 9.59 Å². The Morgan fingerprint density at radius 3 is 1.28 bits per heavy atom. The van der Waals surface area contributed by atoms with E-state index in [9.17, 15) is 22.8 Å². The third-order valence-electron chi connectivity index (χ3n) is 4.37. The number of hydrogen-bond donors (Lipinski definition) is 0. The number of hydrazine groups is 1. The molecule has 144 valence electrons. The highest BCUT2D eigenvalue weighted by molar-refractivity contribution is 6.38. The Morgan fingerprint density at radius 1 is 0.552 bits per heavy atom. The van der Waals surface area contributed by atoms with E-state index in [0.717, 1.165) is 34.3 Å². The maximum atomic E-state index is 13.3. The Kier molecular flexibility index (Phi) is 4.64. The number of benzene rings is 3. The van der Waals surface area contributed by atoms with Gasteiger partial charge in [-0.05, 0) is 72.3 Å². The summed E-state index contributed by atoms with van der Waals surface area (Å²) in [5, 5.41) is 2.18. The maximum Gasteiger partial charge on any atom is 0.283 e. The summed E-state index contributed by atoms with van der Waals surface area (Å²) in [5.74, 6) is -2.73. The van der Waals surface area contributed by atoms with E-state index in [1.165, 1.54) is 54.6 Å². The predicted octanol–water partition coefficient (Wildman–Crippen LogP) is 4.48. The summed E-state index contributed by atoms with van der Waals surface area (Å²) in [6.07, 6.45) is 1.35. The molecule has 0 spiro atoms.